The van der Waals surface area contributed by atoms with Crippen molar-refractivity contribution in [1.82, 2.24) is 4.57 Å². The molecule has 3 heteroatoms. The lowest BCUT2D eigenvalue weighted by Crippen LogP contribution is -2.26. The summed E-state index contributed by atoms with van der Waals surface area (Å²) in [5.41, 5.74) is 18.4. The highest BCUT2D eigenvalue weighted by atomic mass is 32.1. The van der Waals surface area contributed by atoms with Gasteiger partial charge in [-0.15, -0.1) is 11.3 Å². The number of anilines is 3. The van der Waals surface area contributed by atoms with Crippen LogP contribution in [-0.4, -0.2) is 4.57 Å². The van der Waals surface area contributed by atoms with Crippen LogP contribution < -0.4 is 4.90 Å². The van der Waals surface area contributed by atoms with Crippen molar-refractivity contribution in [3.63, 3.8) is 0 Å². The number of nitrogens with zero attached hydrogens (tertiary/aromatic N) is 2. The predicted octanol–water partition coefficient (Wildman–Crippen LogP) is 15.5. The van der Waals surface area contributed by atoms with Crippen LogP contribution in [-0.2, 0) is 5.41 Å². The Bertz CT molecular complexity index is 3390. The number of rotatable bonds is 5. The molecule has 2 nitrogen and oxygen atoms in total. The molecule has 0 saturated carbocycles. The maximum atomic E-state index is 2.45. The number of fused-ring (bicyclic) bond motifs is 15. The summed E-state index contributed by atoms with van der Waals surface area (Å²) in [5.74, 6) is 0. The Hall–Kier alpha value is -7.46. The smallest absolute Gasteiger partial charge is 0.0740 e. The van der Waals surface area contributed by atoms with Crippen molar-refractivity contribution in [2.45, 2.75) is 5.41 Å². The van der Waals surface area contributed by atoms with E-state index >= 15 is 0 Å². The maximum absolute atomic E-state index is 2.45. The molecule has 1 unspecified atom stereocenters. The van der Waals surface area contributed by atoms with Gasteiger partial charge in [0, 0.05) is 43.1 Å². The molecule has 0 N–H and O–H groups in total. The van der Waals surface area contributed by atoms with Crippen LogP contribution in [0.1, 0.15) is 22.3 Å². The number of thiophene rings is 1. The summed E-state index contributed by atoms with van der Waals surface area (Å²) in [7, 11) is 0. The Balaban J connectivity index is 0.993. The fourth-order valence-corrected chi connectivity index (χ4v) is 11.8. The number of hydrogen-bond donors (Lipinski definition) is 0. The van der Waals surface area contributed by atoms with Gasteiger partial charge in [0.25, 0.3) is 0 Å². The number of benzene rings is 9. The average molecular weight is 781 g/mol. The Kier molecular flexibility index (Phi) is 7.13. The molecule has 11 aromatic rings. The Labute approximate surface area is 352 Å². The first-order valence-electron chi connectivity index (χ1n) is 20.7. The fraction of sp³-hybridized carbons (Fsp3) is 0.0175. The van der Waals surface area contributed by atoms with Crippen LogP contribution in [0.4, 0.5) is 17.1 Å². The van der Waals surface area contributed by atoms with E-state index in [0.29, 0.717) is 0 Å². The summed E-state index contributed by atoms with van der Waals surface area (Å²) in [5, 5.41) is 3.89. The van der Waals surface area contributed by atoms with Crippen LogP contribution in [0.15, 0.2) is 218 Å². The van der Waals surface area contributed by atoms with Crippen molar-refractivity contribution < 1.29 is 0 Å². The molecule has 1 atom stereocenters. The molecule has 1 spiro atoms. The van der Waals surface area contributed by atoms with E-state index in [9.17, 15) is 0 Å². The van der Waals surface area contributed by atoms with E-state index in [1.54, 1.807) is 0 Å². The molecule has 0 fully saturated rings. The van der Waals surface area contributed by atoms with Gasteiger partial charge in [-0.3, -0.25) is 0 Å². The number of para-hydroxylation sites is 4. The van der Waals surface area contributed by atoms with Crippen molar-refractivity contribution in [2.24, 2.45) is 0 Å². The first-order valence-corrected chi connectivity index (χ1v) is 21.5. The van der Waals surface area contributed by atoms with Crippen LogP contribution in [0.3, 0.4) is 0 Å². The van der Waals surface area contributed by atoms with Crippen LogP contribution >= 0.6 is 11.3 Å². The second kappa shape index (κ2) is 12.8. The topological polar surface area (TPSA) is 8.17 Å². The van der Waals surface area contributed by atoms with Crippen molar-refractivity contribution in [2.75, 3.05) is 4.90 Å². The summed E-state index contributed by atoms with van der Waals surface area (Å²) in [6.45, 7) is 0. The molecule has 13 rings (SSSR count). The van der Waals surface area contributed by atoms with E-state index < -0.39 is 5.41 Å². The third-order valence-corrected chi connectivity index (χ3v) is 14.2. The monoisotopic (exact) mass is 780 g/mol. The molecule has 2 heterocycles. The van der Waals surface area contributed by atoms with Gasteiger partial charge >= 0.3 is 0 Å². The summed E-state index contributed by atoms with van der Waals surface area (Å²) in [6.07, 6.45) is 0. The molecule has 2 aromatic heterocycles. The first kappa shape index (κ1) is 33.5. The van der Waals surface area contributed by atoms with E-state index in [2.05, 4.69) is 228 Å². The SMILES string of the molecule is c1ccc(N(c2ccccc2)c2ccc3c(c2)-c2sc4ccccc4c2C32c3ccccc3-c3cc(-c4ccc(-n5c6ccccc6c6ccccc65)cc4)ccc32)cc1. The zero-order chi connectivity index (χ0) is 39.4. The second-order valence-corrected chi connectivity index (χ2v) is 17.1. The van der Waals surface area contributed by atoms with Crippen molar-refractivity contribution in [3.05, 3.63) is 241 Å². The minimum atomic E-state index is -0.446. The van der Waals surface area contributed by atoms with Gasteiger partial charge in [0.2, 0.25) is 0 Å². The van der Waals surface area contributed by atoms with Gasteiger partial charge in [0.1, 0.15) is 0 Å². The van der Waals surface area contributed by atoms with Crippen molar-refractivity contribution in [3.8, 4) is 38.4 Å². The van der Waals surface area contributed by atoms with Crippen molar-refractivity contribution in [1.29, 1.82) is 0 Å². The molecule has 60 heavy (non-hydrogen) atoms. The molecule has 9 aromatic carbocycles. The Morgan fingerprint density at radius 2 is 0.933 bits per heavy atom. The van der Waals surface area contributed by atoms with Gasteiger partial charge in [-0.05, 0) is 128 Å². The highest BCUT2D eigenvalue weighted by molar-refractivity contribution is 7.22. The van der Waals surface area contributed by atoms with Gasteiger partial charge in [0.15, 0.2) is 0 Å². The molecule has 0 aliphatic heterocycles. The Morgan fingerprint density at radius 1 is 0.383 bits per heavy atom. The standard InChI is InChI=1S/C57H36N2S/c1-3-15-39(16-4-1)58(40-17-5-2-6-18-40)42-32-34-51-48(36-42)56-55(46-22-10-14-26-54(46)60-56)57(51)49-23-11-7-19-43(49)47-35-38(29-33-50(47)57)37-27-30-41(31-28-37)59-52-24-12-8-20-44(52)45-21-9-13-25-53(45)59/h1-36H. The molecule has 280 valence electrons. The molecular formula is C57H36N2S. The summed E-state index contributed by atoms with van der Waals surface area (Å²) in [4.78, 5) is 3.75. The highest BCUT2D eigenvalue weighted by Gasteiger charge is 2.53. The zero-order valence-corrected chi connectivity index (χ0v) is 33.4. The molecule has 0 saturated heterocycles. The van der Waals surface area contributed by atoms with Crippen LogP contribution in [0.5, 0.6) is 0 Å². The van der Waals surface area contributed by atoms with E-state index in [4.69, 9.17) is 0 Å². The van der Waals surface area contributed by atoms with Crippen molar-refractivity contribution >= 4 is 60.3 Å². The lowest BCUT2D eigenvalue weighted by molar-refractivity contribution is 0.803. The van der Waals surface area contributed by atoms with Gasteiger partial charge in [-0.25, -0.2) is 0 Å². The quantitative estimate of drug-likeness (QED) is 0.169. The summed E-state index contributed by atoms with van der Waals surface area (Å²) < 4.78 is 3.72. The largest absolute Gasteiger partial charge is 0.310 e. The molecule has 0 amide bonds. The molecule has 2 aliphatic rings. The second-order valence-electron chi connectivity index (χ2n) is 16.0. The first-order chi connectivity index (χ1) is 29.8. The third-order valence-electron chi connectivity index (χ3n) is 13.0. The number of aromatic nitrogens is 1. The summed E-state index contributed by atoms with van der Waals surface area (Å²) >= 11 is 1.93. The van der Waals surface area contributed by atoms with E-state index in [1.807, 2.05) is 11.3 Å². The van der Waals surface area contributed by atoms with E-state index in [1.165, 1.54) is 92.5 Å². The van der Waals surface area contributed by atoms with Crippen LogP contribution in [0.25, 0.3) is 70.3 Å². The Morgan fingerprint density at radius 3 is 1.65 bits per heavy atom. The minimum Gasteiger partial charge on any atom is -0.310 e. The average Bonchev–Trinajstić information content (AvgIpc) is 4.03. The summed E-state index contributed by atoms with van der Waals surface area (Å²) in [6, 6.07) is 80.7. The fourth-order valence-electron chi connectivity index (χ4n) is 10.6. The van der Waals surface area contributed by atoms with Gasteiger partial charge < -0.3 is 9.47 Å². The lowest BCUT2D eigenvalue weighted by Gasteiger charge is -2.31. The van der Waals surface area contributed by atoms with E-state index in [0.717, 1.165) is 17.1 Å². The molecule has 2 aliphatic carbocycles. The van der Waals surface area contributed by atoms with Crippen LogP contribution in [0, 0.1) is 0 Å². The third kappa shape index (κ3) is 4.58. The molecule has 0 radical (unpaired) electrons. The maximum Gasteiger partial charge on any atom is 0.0740 e. The highest BCUT2D eigenvalue weighted by Crippen LogP contribution is 2.66. The molecular weight excluding hydrogens is 745 g/mol. The van der Waals surface area contributed by atoms with Gasteiger partial charge in [-0.2, -0.15) is 0 Å². The van der Waals surface area contributed by atoms with Gasteiger partial charge in [0.05, 0.1) is 16.4 Å². The minimum absolute atomic E-state index is 0.446. The van der Waals surface area contributed by atoms with Crippen LogP contribution in [0.2, 0.25) is 0 Å². The van der Waals surface area contributed by atoms with E-state index in [-0.39, 0.29) is 0 Å². The predicted molar refractivity (Wildman–Crippen MR) is 253 cm³/mol. The number of hydrogen-bond acceptors (Lipinski definition) is 2. The molecule has 0 bridgehead atoms. The normalized spacial score (nSPS) is 14.7. The van der Waals surface area contributed by atoms with Gasteiger partial charge in [-0.1, -0.05) is 146 Å². The lowest BCUT2D eigenvalue weighted by atomic mass is 9.70. The zero-order valence-electron chi connectivity index (χ0n) is 32.6.